The van der Waals surface area contributed by atoms with Crippen LogP contribution < -0.4 is 5.32 Å². The molecule has 2 unspecified atom stereocenters. The molecule has 0 heterocycles. The molecule has 0 bridgehead atoms. The fourth-order valence-corrected chi connectivity index (χ4v) is 2.58. The average molecular weight is 253 g/mol. The number of phenols is 1. The number of phenolic OH excluding ortho intramolecular Hbond substituents is 1. The highest BCUT2D eigenvalue weighted by molar-refractivity contribution is 7.99. The van der Waals surface area contributed by atoms with Crippen molar-refractivity contribution in [2.45, 2.75) is 39.3 Å². The summed E-state index contributed by atoms with van der Waals surface area (Å²) in [6.45, 7) is 6.52. The monoisotopic (exact) mass is 253 g/mol. The summed E-state index contributed by atoms with van der Waals surface area (Å²) < 4.78 is 0. The summed E-state index contributed by atoms with van der Waals surface area (Å²) in [5, 5.41) is 13.4. The fraction of sp³-hybridized carbons (Fsp3) is 0.571. The van der Waals surface area contributed by atoms with Crippen LogP contribution in [0.5, 0.6) is 5.75 Å². The predicted molar refractivity (Wildman–Crippen MR) is 76.7 cm³/mol. The molecule has 2 N–H and O–H groups in total. The van der Waals surface area contributed by atoms with Gasteiger partial charge in [-0.25, -0.2) is 0 Å². The number of thioether (sulfide) groups is 1. The first-order valence-corrected chi connectivity index (χ1v) is 7.46. The van der Waals surface area contributed by atoms with Crippen LogP contribution in [0.2, 0.25) is 0 Å². The van der Waals surface area contributed by atoms with Crippen molar-refractivity contribution in [2.24, 2.45) is 0 Å². The second-order valence-electron chi connectivity index (χ2n) is 4.25. The van der Waals surface area contributed by atoms with Crippen LogP contribution in [0.3, 0.4) is 0 Å². The highest BCUT2D eigenvalue weighted by atomic mass is 32.2. The van der Waals surface area contributed by atoms with Crippen molar-refractivity contribution in [3.05, 3.63) is 29.8 Å². The summed E-state index contributed by atoms with van der Waals surface area (Å²) in [5.41, 5.74) is 1.00. The maximum atomic E-state index is 9.86. The quantitative estimate of drug-likeness (QED) is 0.779. The molecule has 1 rings (SSSR count). The second kappa shape index (κ2) is 7.62. The van der Waals surface area contributed by atoms with Crippen molar-refractivity contribution in [3.63, 3.8) is 0 Å². The minimum atomic E-state index is 0.239. The van der Waals surface area contributed by atoms with Gasteiger partial charge in [0.25, 0.3) is 0 Å². The average Bonchev–Trinajstić information content (AvgIpc) is 2.34. The Morgan fingerprint density at radius 2 is 2.00 bits per heavy atom. The van der Waals surface area contributed by atoms with E-state index in [2.05, 4.69) is 26.1 Å². The Morgan fingerprint density at radius 3 is 2.59 bits per heavy atom. The Bertz CT molecular complexity index is 330. The lowest BCUT2D eigenvalue weighted by atomic mass is 10.0. The Morgan fingerprint density at radius 1 is 1.29 bits per heavy atom. The number of benzene rings is 1. The van der Waals surface area contributed by atoms with E-state index < -0.39 is 0 Å². The maximum absolute atomic E-state index is 9.86. The third-order valence-electron chi connectivity index (χ3n) is 2.78. The van der Waals surface area contributed by atoms with Gasteiger partial charge in [-0.15, -0.1) is 0 Å². The van der Waals surface area contributed by atoms with E-state index in [1.54, 1.807) is 6.07 Å². The summed E-state index contributed by atoms with van der Waals surface area (Å²) in [6.07, 6.45) is 0.985. The number of hydrogen-bond acceptors (Lipinski definition) is 3. The SMILES string of the molecule is CCSCC(C)NC(CC)c1ccccc1O. The zero-order chi connectivity index (χ0) is 12.7. The number of hydrogen-bond donors (Lipinski definition) is 2. The van der Waals surface area contributed by atoms with Gasteiger partial charge in [0.1, 0.15) is 5.75 Å². The minimum absolute atomic E-state index is 0.239. The highest BCUT2D eigenvalue weighted by Crippen LogP contribution is 2.26. The van der Waals surface area contributed by atoms with Gasteiger partial charge in [0.2, 0.25) is 0 Å². The second-order valence-corrected chi connectivity index (χ2v) is 5.57. The van der Waals surface area contributed by atoms with E-state index >= 15 is 0 Å². The van der Waals surface area contributed by atoms with E-state index in [1.165, 1.54) is 0 Å². The van der Waals surface area contributed by atoms with E-state index in [4.69, 9.17) is 0 Å². The Balaban J connectivity index is 2.62. The predicted octanol–water partition coefficient (Wildman–Crippen LogP) is 3.57. The van der Waals surface area contributed by atoms with E-state index in [1.807, 2.05) is 30.0 Å². The Kier molecular flexibility index (Phi) is 6.45. The molecule has 0 saturated heterocycles. The molecular formula is C14H23NOS. The van der Waals surface area contributed by atoms with Gasteiger partial charge < -0.3 is 10.4 Å². The van der Waals surface area contributed by atoms with Gasteiger partial charge in [0, 0.05) is 23.4 Å². The van der Waals surface area contributed by atoms with Gasteiger partial charge in [0.05, 0.1) is 0 Å². The van der Waals surface area contributed by atoms with Crippen LogP contribution in [0.15, 0.2) is 24.3 Å². The minimum Gasteiger partial charge on any atom is -0.508 e. The number of aromatic hydroxyl groups is 1. The third kappa shape index (κ3) is 4.60. The van der Waals surface area contributed by atoms with Gasteiger partial charge in [0.15, 0.2) is 0 Å². The van der Waals surface area contributed by atoms with Gasteiger partial charge in [-0.2, -0.15) is 11.8 Å². The third-order valence-corrected chi connectivity index (χ3v) is 3.92. The highest BCUT2D eigenvalue weighted by Gasteiger charge is 2.15. The normalized spacial score (nSPS) is 14.5. The molecule has 2 nitrogen and oxygen atoms in total. The van der Waals surface area contributed by atoms with E-state index in [9.17, 15) is 5.11 Å². The molecule has 17 heavy (non-hydrogen) atoms. The molecule has 2 atom stereocenters. The molecule has 1 aromatic rings. The molecular weight excluding hydrogens is 230 g/mol. The molecule has 0 aliphatic heterocycles. The van der Waals surface area contributed by atoms with Gasteiger partial charge >= 0.3 is 0 Å². The van der Waals surface area contributed by atoms with Crippen LogP contribution in [0.1, 0.15) is 38.8 Å². The van der Waals surface area contributed by atoms with Crippen LogP contribution in [-0.2, 0) is 0 Å². The summed E-state index contributed by atoms with van der Waals surface area (Å²) in [5.74, 6) is 2.65. The molecule has 0 saturated carbocycles. The standard InChI is InChI=1S/C14H23NOS/c1-4-13(15-11(3)10-17-5-2)12-8-6-7-9-14(12)16/h6-9,11,13,15-16H,4-5,10H2,1-3H3. The van der Waals surface area contributed by atoms with Crippen molar-refractivity contribution < 1.29 is 5.11 Å². The number of para-hydroxylation sites is 1. The van der Waals surface area contributed by atoms with Gasteiger partial charge in [-0.05, 0) is 25.2 Å². The first kappa shape index (κ1) is 14.4. The zero-order valence-electron chi connectivity index (χ0n) is 10.9. The van der Waals surface area contributed by atoms with Crippen molar-refractivity contribution in [1.82, 2.24) is 5.32 Å². The molecule has 0 amide bonds. The molecule has 0 aromatic heterocycles. The van der Waals surface area contributed by atoms with Crippen LogP contribution in [0.4, 0.5) is 0 Å². The van der Waals surface area contributed by atoms with E-state index in [0.717, 1.165) is 23.5 Å². The van der Waals surface area contributed by atoms with Crippen LogP contribution in [-0.4, -0.2) is 22.7 Å². The molecule has 0 aliphatic carbocycles. The zero-order valence-corrected chi connectivity index (χ0v) is 11.8. The first-order valence-electron chi connectivity index (χ1n) is 6.30. The lowest BCUT2D eigenvalue weighted by molar-refractivity contribution is 0.426. The molecule has 0 aliphatic rings. The largest absolute Gasteiger partial charge is 0.508 e. The van der Waals surface area contributed by atoms with Crippen molar-refractivity contribution in [3.8, 4) is 5.75 Å². The van der Waals surface area contributed by atoms with Crippen LogP contribution in [0.25, 0.3) is 0 Å². The summed E-state index contributed by atoms with van der Waals surface area (Å²) in [7, 11) is 0. The summed E-state index contributed by atoms with van der Waals surface area (Å²) in [4.78, 5) is 0. The number of rotatable bonds is 7. The fourth-order valence-electron chi connectivity index (χ4n) is 1.90. The van der Waals surface area contributed by atoms with Crippen LogP contribution >= 0.6 is 11.8 Å². The van der Waals surface area contributed by atoms with E-state index in [-0.39, 0.29) is 6.04 Å². The van der Waals surface area contributed by atoms with Gasteiger partial charge in [-0.3, -0.25) is 0 Å². The maximum Gasteiger partial charge on any atom is 0.120 e. The van der Waals surface area contributed by atoms with Crippen LogP contribution in [0, 0.1) is 0 Å². The molecule has 3 heteroatoms. The summed E-state index contributed by atoms with van der Waals surface area (Å²) >= 11 is 1.94. The summed E-state index contributed by atoms with van der Waals surface area (Å²) in [6, 6.07) is 8.29. The molecule has 1 aromatic carbocycles. The Hall–Kier alpha value is -0.670. The van der Waals surface area contributed by atoms with Gasteiger partial charge in [-0.1, -0.05) is 32.0 Å². The Labute approximate surface area is 109 Å². The topological polar surface area (TPSA) is 32.3 Å². The molecule has 96 valence electrons. The molecule has 0 radical (unpaired) electrons. The lowest BCUT2D eigenvalue weighted by Gasteiger charge is -2.23. The molecule has 0 spiro atoms. The molecule has 0 fully saturated rings. The van der Waals surface area contributed by atoms with Crippen molar-refractivity contribution >= 4 is 11.8 Å². The smallest absolute Gasteiger partial charge is 0.120 e. The van der Waals surface area contributed by atoms with Crippen molar-refractivity contribution in [2.75, 3.05) is 11.5 Å². The number of nitrogens with one attached hydrogen (secondary N) is 1. The lowest BCUT2D eigenvalue weighted by Crippen LogP contribution is -2.32. The van der Waals surface area contributed by atoms with Crippen molar-refractivity contribution in [1.29, 1.82) is 0 Å². The first-order chi connectivity index (χ1) is 8.19. The van der Waals surface area contributed by atoms with E-state index in [0.29, 0.717) is 11.8 Å².